The molecule has 114 valence electrons. The van der Waals surface area contributed by atoms with Crippen molar-refractivity contribution in [2.24, 2.45) is 5.41 Å². The summed E-state index contributed by atoms with van der Waals surface area (Å²) in [6, 6.07) is 8.61. The molecule has 1 aromatic heterocycles. The zero-order valence-corrected chi connectivity index (χ0v) is 13.7. The van der Waals surface area contributed by atoms with Gasteiger partial charge in [0.15, 0.2) is 0 Å². The molecule has 0 bridgehead atoms. The predicted octanol–water partition coefficient (Wildman–Crippen LogP) is 3.95. The molecule has 3 heteroatoms. The fraction of sp³-hybridized carbons (Fsp3) is 0.500. The van der Waals surface area contributed by atoms with E-state index in [2.05, 4.69) is 62.3 Å². The molecule has 2 rings (SSSR count). The number of methoxy groups -OCH3 is 1. The first-order valence-corrected chi connectivity index (χ1v) is 7.58. The van der Waals surface area contributed by atoms with Crippen LogP contribution in [0.15, 0.2) is 36.7 Å². The molecule has 2 unspecified atom stereocenters. The molecule has 0 fully saturated rings. The number of pyridine rings is 1. The van der Waals surface area contributed by atoms with E-state index in [-0.39, 0.29) is 17.6 Å². The summed E-state index contributed by atoms with van der Waals surface area (Å²) < 4.78 is 5.85. The van der Waals surface area contributed by atoms with Crippen molar-refractivity contribution in [2.45, 2.75) is 39.8 Å². The molecule has 0 saturated heterocycles. The van der Waals surface area contributed by atoms with Crippen molar-refractivity contribution in [1.29, 1.82) is 0 Å². The van der Waals surface area contributed by atoms with E-state index in [1.54, 1.807) is 7.11 Å². The lowest BCUT2D eigenvalue weighted by Gasteiger charge is -2.37. The number of hydrogen-bond donors (Lipinski definition) is 1. The molecule has 1 N–H and O–H groups in total. The van der Waals surface area contributed by atoms with Crippen LogP contribution < -0.4 is 5.32 Å². The average molecular weight is 286 g/mol. The van der Waals surface area contributed by atoms with E-state index in [1.165, 1.54) is 16.3 Å². The van der Waals surface area contributed by atoms with E-state index in [0.29, 0.717) is 0 Å². The molecule has 2 atom stereocenters. The zero-order chi connectivity index (χ0) is 15.5. The summed E-state index contributed by atoms with van der Waals surface area (Å²) in [6.45, 7) is 9.68. The minimum Gasteiger partial charge on any atom is -0.379 e. The maximum atomic E-state index is 5.85. The maximum Gasteiger partial charge on any atom is 0.0814 e. The lowest BCUT2D eigenvalue weighted by atomic mass is 9.81. The molecule has 0 aliphatic heterocycles. The number of aromatic nitrogens is 1. The van der Waals surface area contributed by atoms with Gasteiger partial charge in [-0.25, -0.2) is 0 Å². The molecule has 0 spiro atoms. The highest BCUT2D eigenvalue weighted by molar-refractivity contribution is 5.85. The van der Waals surface area contributed by atoms with E-state index in [9.17, 15) is 0 Å². The topological polar surface area (TPSA) is 34.2 Å². The molecule has 2 aromatic rings. The Morgan fingerprint density at radius 2 is 2.00 bits per heavy atom. The van der Waals surface area contributed by atoms with Crippen LogP contribution in [0.4, 0.5) is 0 Å². The molecule has 0 saturated carbocycles. The van der Waals surface area contributed by atoms with Crippen molar-refractivity contribution < 1.29 is 4.74 Å². The summed E-state index contributed by atoms with van der Waals surface area (Å²) >= 11 is 0. The summed E-state index contributed by atoms with van der Waals surface area (Å²) in [5.74, 6) is 0. The van der Waals surface area contributed by atoms with Crippen molar-refractivity contribution in [3.63, 3.8) is 0 Å². The third kappa shape index (κ3) is 3.42. The molecule has 21 heavy (non-hydrogen) atoms. The lowest BCUT2D eigenvalue weighted by molar-refractivity contribution is -0.0112. The van der Waals surface area contributed by atoms with Crippen LogP contribution in [0.3, 0.4) is 0 Å². The van der Waals surface area contributed by atoms with E-state index < -0.39 is 0 Å². The Kier molecular flexibility index (Phi) is 4.96. The molecule has 0 amide bonds. The third-order valence-electron chi connectivity index (χ3n) is 3.89. The summed E-state index contributed by atoms with van der Waals surface area (Å²) in [7, 11) is 1.80. The Balaban J connectivity index is 2.55. The second-order valence-corrected chi connectivity index (χ2v) is 6.50. The van der Waals surface area contributed by atoms with Gasteiger partial charge in [0, 0.05) is 24.9 Å². The Bertz CT molecular complexity index is 584. The Morgan fingerprint density at radius 1 is 1.24 bits per heavy atom. The fourth-order valence-electron chi connectivity index (χ4n) is 3.00. The quantitative estimate of drug-likeness (QED) is 0.903. The highest BCUT2D eigenvalue weighted by Gasteiger charge is 2.33. The summed E-state index contributed by atoms with van der Waals surface area (Å²) in [6.07, 6.45) is 3.87. The summed E-state index contributed by atoms with van der Waals surface area (Å²) in [5, 5.41) is 6.00. The van der Waals surface area contributed by atoms with Crippen LogP contribution in [0.5, 0.6) is 0 Å². The van der Waals surface area contributed by atoms with E-state index in [0.717, 1.165) is 6.54 Å². The highest BCUT2D eigenvalue weighted by atomic mass is 16.5. The van der Waals surface area contributed by atoms with Gasteiger partial charge in [-0.05, 0) is 29.0 Å². The third-order valence-corrected chi connectivity index (χ3v) is 3.89. The van der Waals surface area contributed by atoms with Crippen molar-refractivity contribution in [1.82, 2.24) is 10.3 Å². The van der Waals surface area contributed by atoms with Crippen LogP contribution in [-0.2, 0) is 4.74 Å². The monoisotopic (exact) mass is 286 g/mol. The van der Waals surface area contributed by atoms with Gasteiger partial charge in [0.25, 0.3) is 0 Å². The average Bonchev–Trinajstić information content (AvgIpc) is 2.45. The van der Waals surface area contributed by atoms with Crippen LogP contribution in [0.25, 0.3) is 10.8 Å². The van der Waals surface area contributed by atoms with Gasteiger partial charge in [0.2, 0.25) is 0 Å². The van der Waals surface area contributed by atoms with Gasteiger partial charge in [-0.2, -0.15) is 0 Å². The minimum atomic E-state index is 0.0476. The van der Waals surface area contributed by atoms with Crippen LogP contribution in [0.1, 0.15) is 39.3 Å². The van der Waals surface area contributed by atoms with Gasteiger partial charge in [0.1, 0.15) is 0 Å². The van der Waals surface area contributed by atoms with Gasteiger partial charge in [-0.1, -0.05) is 45.9 Å². The van der Waals surface area contributed by atoms with Gasteiger partial charge >= 0.3 is 0 Å². The normalized spacial score (nSPS) is 15.1. The smallest absolute Gasteiger partial charge is 0.0814 e. The lowest BCUT2D eigenvalue weighted by Crippen LogP contribution is -2.41. The molecule has 0 aliphatic carbocycles. The number of nitrogens with zero attached hydrogens (tertiary/aromatic N) is 1. The number of ether oxygens (including phenoxy) is 1. The number of fused-ring (bicyclic) bond motifs is 1. The van der Waals surface area contributed by atoms with E-state index in [1.807, 2.05) is 12.4 Å². The van der Waals surface area contributed by atoms with Crippen LogP contribution >= 0.6 is 0 Å². The Labute approximate surface area is 127 Å². The van der Waals surface area contributed by atoms with Gasteiger partial charge < -0.3 is 10.1 Å². The van der Waals surface area contributed by atoms with Gasteiger partial charge in [-0.15, -0.1) is 0 Å². The SMILES string of the molecule is CCNC(c1cccc2ccncc12)C(OC)C(C)(C)C. The first-order chi connectivity index (χ1) is 9.99. The first-order valence-electron chi connectivity index (χ1n) is 7.58. The Hall–Kier alpha value is -1.45. The number of hydrogen-bond acceptors (Lipinski definition) is 3. The van der Waals surface area contributed by atoms with Gasteiger partial charge in [-0.3, -0.25) is 4.98 Å². The number of rotatable bonds is 5. The molecule has 1 heterocycles. The molecule has 3 nitrogen and oxygen atoms in total. The summed E-state index contributed by atoms with van der Waals surface area (Å²) in [4.78, 5) is 4.29. The number of benzene rings is 1. The van der Waals surface area contributed by atoms with E-state index in [4.69, 9.17) is 4.74 Å². The predicted molar refractivity (Wildman–Crippen MR) is 88.4 cm³/mol. The van der Waals surface area contributed by atoms with Crippen molar-refractivity contribution in [3.8, 4) is 0 Å². The summed E-state index contributed by atoms with van der Waals surface area (Å²) in [5.41, 5.74) is 1.30. The molecule has 0 aliphatic rings. The van der Waals surface area contributed by atoms with Gasteiger partial charge in [0.05, 0.1) is 12.1 Å². The minimum absolute atomic E-state index is 0.0476. The molecular formula is C18H26N2O. The van der Waals surface area contributed by atoms with Crippen molar-refractivity contribution in [3.05, 3.63) is 42.2 Å². The molecular weight excluding hydrogens is 260 g/mol. The molecule has 0 radical (unpaired) electrons. The first kappa shape index (κ1) is 15.9. The van der Waals surface area contributed by atoms with Crippen molar-refractivity contribution >= 4 is 10.8 Å². The van der Waals surface area contributed by atoms with E-state index >= 15 is 0 Å². The Morgan fingerprint density at radius 3 is 2.62 bits per heavy atom. The maximum absolute atomic E-state index is 5.85. The number of nitrogens with one attached hydrogen (secondary N) is 1. The second-order valence-electron chi connectivity index (χ2n) is 6.50. The fourth-order valence-corrected chi connectivity index (χ4v) is 3.00. The largest absolute Gasteiger partial charge is 0.379 e. The highest BCUT2D eigenvalue weighted by Crippen LogP contribution is 2.35. The van der Waals surface area contributed by atoms with Crippen LogP contribution in [0, 0.1) is 5.41 Å². The van der Waals surface area contributed by atoms with Crippen LogP contribution in [-0.4, -0.2) is 24.7 Å². The second kappa shape index (κ2) is 6.54. The molecule has 1 aromatic carbocycles. The standard InChI is InChI=1S/C18H26N2O/c1-6-20-16(17(21-5)18(2,3)4)14-9-7-8-13-10-11-19-12-15(13)14/h7-12,16-17,20H,6H2,1-5H3. The van der Waals surface area contributed by atoms with Crippen LogP contribution in [0.2, 0.25) is 0 Å². The zero-order valence-electron chi connectivity index (χ0n) is 13.7. The van der Waals surface area contributed by atoms with Crippen molar-refractivity contribution in [2.75, 3.05) is 13.7 Å². The number of likely N-dealkylation sites (N-methyl/N-ethyl adjacent to an activating group) is 1.